The summed E-state index contributed by atoms with van der Waals surface area (Å²) in [6.45, 7) is 10.9. The second-order valence-corrected chi connectivity index (χ2v) is 7.43. The lowest BCUT2D eigenvalue weighted by molar-refractivity contribution is 0.0206. The molecule has 0 unspecified atom stereocenters. The molecular formula is C15H26N4OS. The van der Waals surface area contributed by atoms with Gasteiger partial charge in [0.05, 0.1) is 0 Å². The van der Waals surface area contributed by atoms with Crippen molar-refractivity contribution >= 4 is 17.2 Å². The van der Waals surface area contributed by atoms with E-state index >= 15 is 0 Å². The number of carbonyl (C=O) groups is 1. The van der Waals surface area contributed by atoms with E-state index in [1.807, 2.05) is 24.4 Å². The van der Waals surface area contributed by atoms with Gasteiger partial charge >= 0.3 is 0 Å². The number of likely N-dealkylation sites (N-methyl/N-ethyl adjacent to an activating group) is 1. The SMILES string of the molecule is CCN1CCN(C(=O)c2csc(CN(C)C)n2)CC1(C)C. The molecule has 0 spiro atoms. The third-order valence-electron chi connectivity index (χ3n) is 3.96. The Hall–Kier alpha value is -0.980. The van der Waals surface area contributed by atoms with E-state index < -0.39 is 0 Å². The molecule has 2 heterocycles. The molecule has 1 fully saturated rings. The highest BCUT2D eigenvalue weighted by Crippen LogP contribution is 2.22. The number of piperazine rings is 1. The molecule has 1 saturated heterocycles. The van der Waals surface area contributed by atoms with E-state index in [-0.39, 0.29) is 11.4 Å². The summed E-state index contributed by atoms with van der Waals surface area (Å²) in [7, 11) is 4.02. The van der Waals surface area contributed by atoms with Crippen molar-refractivity contribution in [2.75, 3.05) is 40.3 Å². The Morgan fingerprint density at radius 2 is 2.14 bits per heavy atom. The second-order valence-electron chi connectivity index (χ2n) is 6.48. The van der Waals surface area contributed by atoms with E-state index in [9.17, 15) is 4.79 Å². The largest absolute Gasteiger partial charge is 0.334 e. The molecule has 6 heteroatoms. The van der Waals surface area contributed by atoms with Gasteiger partial charge in [-0.25, -0.2) is 4.98 Å². The van der Waals surface area contributed by atoms with E-state index in [1.54, 1.807) is 11.3 Å². The second kappa shape index (κ2) is 6.42. The standard InChI is InChI=1S/C15H26N4OS/c1-6-19-8-7-18(11-15(19,2)3)14(20)12-10-21-13(16-12)9-17(4)5/h10H,6-9,11H2,1-5H3. The minimum atomic E-state index is 0.0329. The Balaban J connectivity index is 2.05. The van der Waals surface area contributed by atoms with E-state index in [0.29, 0.717) is 5.69 Å². The van der Waals surface area contributed by atoms with Crippen LogP contribution in [0.4, 0.5) is 0 Å². The molecular weight excluding hydrogens is 284 g/mol. The van der Waals surface area contributed by atoms with Crippen molar-refractivity contribution in [1.82, 2.24) is 19.7 Å². The highest BCUT2D eigenvalue weighted by Gasteiger charge is 2.35. The van der Waals surface area contributed by atoms with Crippen LogP contribution in [0.15, 0.2) is 5.38 Å². The maximum absolute atomic E-state index is 12.6. The molecule has 1 aliphatic rings. The first-order chi connectivity index (χ1) is 9.83. The average Bonchev–Trinajstić information content (AvgIpc) is 2.84. The quantitative estimate of drug-likeness (QED) is 0.849. The Bertz CT molecular complexity index is 498. The highest BCUT2D eigenvalue weighted by molar-refractivity contribution is 7.09. The van der Waals surface area contributed by atoms with Gasteiger partial charge < -0.3 is 9.80 Å². The summed E-state index contributed by atoms with van der Waals surface area (Å²) in [6.07, 6.45) is 0. The van der Waals surface area contributed by atoms with Crippen LogP contribution in [0, 0.1) is 0 Å². The Morgan fingerprint density at radius 1 is 1.43 bits per heavy atom. The predicted octanol–water partition coefficient (Wildman–Crippen LogP) is 1.76. The van der Waals surface area contributed by atoms with Gasteiger partial charge in [-0.05, 0) is 34.5 Å². The van der Waals surface area contributed by atoms with Crippen LogP contribution in [-0.4, -0.2) is 71.4 Å². The Kier molecular flexibility index (Phi) is 5.01. The lowest BCUT2D eigenvalue weighted by Gasteiger charge is -2.46. The van der Waals surface area contributed by atoms with Crippen LogP contribution in [0.2, 0.25) is 0 Å². The van der Waals surface area contributed by atoms with Crippen LogP contribution in [0.3, 0.4) is 0 Å². The average molecular weight is 310 g/mol. The molecule has 2 rings (SSSR count). The number of carbonyl (C=O) groups excluding carboxylic acids is 1. The number of thiazole rings is 1. The third kappa shape index (κ3) is 3.81. The number of hydrogen-bond donors (Lipinski definition) is 0. The van der Waals surface area contributed by atoms with E-state index in [4.69, 9.17) is 0 Å². The molecule has 0 radical (unpaired) electrons. The van der Waals surface area contributed by atoms with Crippen molar-refractivity contribution in [3.63, 3.8) is 0 Å². The molecule has 1 amide bonds. The summed E-state index contributed by atoms with van der Waals surface area (Å²) in [5.74, 6) is 0.0695. The molecule has 0 N–H and O–H groups in total. The normalized spacial score (nSPS) is 19.2. The van der Waals surface area contributed by atoms with Gasteiger partial charge in [0.2, 0.25) is 0 Å². The summed E-state index contributed by atoms with van der Waals surface area (Å²) >= 11 is 1.56. The fraction of sp³-hybridized carbons (Fsp3) is 0.733. The molecule has 0 bridgehead atoms. The first-order valence-electron chi connectivity index (χ1n) is 7.47. The van der Waals surface area contributed by atoms with Gasteiger partial charge in [-0.3, -0.25) is 9.69 Å². The minimum Gasteiger partial charge on any atom is -0.334 e. The van der Waals surface area contributed by atoms with Crippen molar-refractivity contribution < 1.29 is 4.79 Å². The Morgan fingerprint density at radius 3 is 2.71 bits per heavy atom. The number of hydrogen-bond acceptors (Lipinski definition) is 5. The zero-order chi connectivity index (χ0) is 15.6. The lowest BCUT2D eigenvalue weighted by Crippen LogP contribution is -2.60. The predicted molar refractivity (Wildman–Crippen MR) is 86.7 cm³/mol. The molecule has 118 valence electrons. The van der Waals surface area contributed by atoms with Crippen molar-refractivity contribution in [1.29, 1.82) is 0 Å². The summed E-state index contributed by atoms with van der Waals surface area (Å²) < 4.78 is 0. The molecule has 1 aromatic heterocycles. The van der Waals surface area contributed by atoms with Gasteiger partial charge in [-0.2, -0.15) is 0 Å². The molecule has 0 saturated carbocycles. The van der Waals surface area contributed by atoms with Gasteiger partial charge in [-0.1, -0.05) is 6.92 Å². The van der Waals surface area contributed by atoms with E-state index in [1.165, 1.54) is 0 Å². The maximum atomic E-state index is 12.6. The molecule has 1 aliphatic heterocycles. The van der Waals surface area contributed by atoms with Crippen molar-refractivity contribution in [3.05, 3.63) is 16.1 Å². The van der Waals surface area contributed by atoms with E-state index in [2.05, 4.69) is 35.6 Å². The fourth-order valence-corrected chi connectivity index (χ4v) is 3.75. The zero-order valence-corrected chi connectivity index (χ0v) is 14.5. The van der Waals surface area contributed by atoms with Crippen molar-refractivity contribution in [3.8, 4) is 0 Å². The number of aromatic nitrogens is 1. The fourth-order valence-electron chi connectivity index (χ4n) is 2.86. The zero-order valence-electron chi connectivity index (χ0n) is 13.7. The van der Waals surface area contributed by atoms with Crippen LogP contribution in [0.25, 0.3) is 0 Å². The van der Waals surface area contributed by atoms with Gasteiger partial charge in [0.25, 0.3) is 5.91 Å². The summed E-state index contributed by atoms with van der Waals surface area (Å²) in [5, 5.41) is 2.88. The summed E-state index contributed by atoms with van der Waals surface area (Å²) in [4.78, 5) is 23.5. The number of rotatable bonds is 4. The summed E-state index contributed by atoms with van der Waals surface area (Å²) in [6, 6.07) is 0. The molecule has 1 aromatic rings. The lowest BCUT2D eigenvalue weighted by atomic mass is 9.98. The number of nitrogens with zero attached hydrogens (tertiary/aromatic N) is 4. The topological polar surface area (TPSA) is 39.7 Å². The van der Waals surface area contributed by atoms with Crippen LogP contribution in [0.5, 0.6) is 0 Å². The van der Waals surface area contributed by atoms with Gasteiger partial charge in [0.15, 0.2) is 0 Å². The first kappa shape index (κ1) is 16.4. The van der Waals surface area contributed by atoms with Crippen LogP contribution in [0.1, 0.15) is 36.3 Å². The molecule has 5 nitrogen and oxygen atoms in total. The maximum Gasteiger partial charge on any atom is 0.273 e. The molecule has 0 aliphatic carbocycles. The van der Waals surface area contributed by atoms with Crippen molar-refractivity contribution in [2.24, 2.45) is 0 Å². The van der Waals surface area contributed by atoms with E-state index in [0.717, 1.165) is 37.7 Å². The van der Waals surface area contributed by atoms with Gasteiger partial charge in [0, 0.05) is 37.1 Å². The monoisotopic (exact) mass is 310 g/mol. The molecule has 0 aromatic carbocycles. The minimum absolute atomic E-state index is 0.0329. The van der Waals surface area contributed by atoms with Gasteiger partial charge in [-0.15, -0.1) is 11.3 Å². The Labute approximate surface area is 131 Å². The number of amides is 1. The summed E-state index contributed by atoms with van der Waals surface area (Å²) in [5.41, 5.74) is 0.628. The van der Waals surface area contributed by atoms with Gasteiger partial charge in [0.1, 0.15) is 10.7 Å². The van der Waals surface area contributed by atoms with Crippen LogP contribution < -0.4 is 0 Å². The third-order valence-corrected chi connectivity index (χ3v) is 4.80. The van der Waals surface area contributed by atoms with Crippen molar-refractivity contribution in [2.45, 2.75) is 32.9 Å². The van der Waals surface area contributed by atoms with Crippen LogP contribution >= 0.6 is 11.3 Å². The van der Waals surface area contributed by atoms with Crippen LogP contribution in [-0.2, 0) is 6.54 Å². The highest BCUT2D eigenvalue weighted by atomic mass is 32.1. The first-order valence-corrected chi connectivity index (χ1v) is 8.35. The molecule has 21 heavy (non-hydrogen) atoms. The molecule has 0 atom stereocenters. The smallest absolute Gasteiger partial charge is 0.273 e.